The van der Waals surface area contributed by atoms with Crippen molar-refractivity contribution >= 4 is 11.5 Å². The third-order valence-corrected chi connectivity index (χ3v) is 5.03. The first kappa shape index (κ1) is 20.4. The summed E-state index contributed by atoms with van der Waals surface area (Å²) in [5.41, 5.74) is 0.260. The van der Waals surface area contributed by atoms with E-state index in [2.05, 4.69) is 27.5 Å². The molecular weight excluding hydrogens is 369 g/mol. The summed E-state index contributed by atoms with van der Waals surface area (Å²) in [6, 6.07) is 3.47. The van der Waals surface area contributed by atoms with Crippen LogP contribution in [0, 0.1) is 18.2 Å². The molecule has 0 spiro atoms. The quantitative estimate of drug-likeness (QED) is 0.701. The van der Waals surface area contributed by atoms with E-state index in [-0.39, 0.29) is 11.0 Å². The molecule has 1 aliphatic heterocycles. The lowest BCUT2D eigenvalue weighted by atomic mass is 9.90. The third-order valence-electron chi connectivity index (χ3n) is 5.03. The first-order chi connectivity index (χ1) is 13.3. The Labute approximate surface area is 162 Å². The van der Waals surface area contributed by atoms with Gasteiger partial charge in [0, 0.05) is 24.1 Å². The van der Waals surface area contributed by atoms with Crippen LogP contribution in [-0.2, 0) is 4.74 Å². The topological polar surface area (TPSA) is 59.1 Å². The Morgan fingerprint density at radius 3 is 2.71 bits per heavy atom. The van der Waals surface area contributed by atoms with E-state index in [0.29, 0.717) is 30.5 Å². The van der Waals surface area contributed by atoms with E-state index in [1.165, 1.54) is 12.1 Å². The van der Waals surface area contributed by atoms with Crippen LogP contribution in [0.25, 0.3) is 0 Å². The van der Waals surface area contributed by atoms with E-state index < -0.39 is 23.8 Å². The summed E-state index contributed by atoms with van der Waals surface area (Å²) in [7, 11) is 0. The van der Waals surface area contributed by atoms with E-state index in [1.807, 2.05) is 0 Å². The van der Waals surface area contributed by atoms with Crippen molar-refractivity contribution in [3.63, 3.8) is 0 Å². The summed E-state index contributed by atoms with van der Waals surface area (Å²) in [5, 5.41) is 6.48. The summed E-state index contributed by atoms with van der Waals surface area (Å²) in [4.78, 5) is 8.63. The molecule has 8 heteroatoms. The maximum Gasteiger partial charge on any atom is 0.266 e. The summed E-state index contributed by atoms with van der Waals surface area (Å²) >= 11 is 0. The molecule has 152 valence electrons. The van der Waals surface area contributed by atoms with Gasteiger partial charge in [-0.2, -0.15) is 0 Å². The van der Waals surface area contributed by atoms with Gasteiger partial charge in [0.2, 0.25) is 0 Å². The van der Waals surface area contributed by atoms with Crippen molar-refractivity contribution in [2.24, 2.45) is 5.41 Å². The van der Waals surface area contributed by atoms with Crippen molar-refractivity contribution in [2.75, 3.05) is 30.4 Å². The van der Waals surface area contributed by atoms with Crippen LogP contribution in [0.3, 0.4) is 0 Å². The highest BCUT2D eigenvalue weighted by atomic mass is 19.3. The molecule has 5 nitrogen and oxygen atoms in total. The Morgan fingerprint density at radius 2 is 2.04 bits per heavy atom. The summed E-state index contributed by atoms with van der Waals surface area (Å²) < 4.78 is 45.9. The lowest BCUT2D eigenvalue weighted by Gasteiger charge is -2.24. The Kier molecular flexibility index (Phi) is 6.07. The fourth-order valence-electron chi connectivity index (χ4n) is 3.22. The van der Waals surface area contributed by atoms with E-state index in [4.69, 9.17) is 4.74 Å². The highest BCUT2D eigenvalue weighted by molar-refractivity contribution is 5.64. The second-order valence-electron chi connectivity index (χ2n) is 7.56. The van der Waals surface area contributed by atoms with Crippen LogP contribution in [-0.4, -0.2) is 29.7 Å². The molecule has 0 aliphatic carbocycles. The van der Waals surface area contributed by atoms with Crippen molar-refractivity contribution in [2.45, 2.75) is 39.7 Å². The molecular formula is C20H25F3N4O. The van der Waals surface area contributed by atoms with E-state index in [1.54, 1.807) is 20.0 Å². The van der Waals surface area contributed by atoms with Crippen molar-refractivity contribution in [1.82, 2.24) is 9.97 Å². The van der Waals surface area contributed by atoms with Gasteiger partial charge < -0.3 is 15.4 Å². The number of alkyl halides is 2. The van der Waals surface area contributed by atoms with Gasteiger partial charge in [0.25, 0.3) is 6.43 Å². The maximum atomic E-state index is 14.5. The minimum absolute atomic E-state index is 0.0193. The fraction of sp³-hybridized carbons (Fsp3) is 0.500. The van der Waals surface area contributed by atoms with Gasteiger partial charge in [0.1, 0.15) is 11.6 Å². The molecule has 1 unspecified atom stereocenters. The van der Waals surface area contributed by atoms with Gasteiger partial charge in [-0.15, -0.1) is 0 Å². The van der Waals surface area contributed by atoms with Crippen molar-refractivity contribution in [1.29, 1.82) is 0 Å². The van der Waals surface area contributed by atoms with Crippen molar-refractivity contribution in [3.05, 3.63) is 47.2 Å². The van der Waals surface area contributed by atoms with Gasteiger partial charge in [-0.25, -0.2) is 23.1 Å². The SMILES string of the molecule is Cc1ncc(NCC2(C)CCOC2)c(N[C@H](C)c2cccc(C(F)F)c2F)n1. The van der Waals surface area contributed by atoms with Crippen molar-refractivity contribution < 1.29 is 17.9 Å². The van der Waals surface area contributed by atoms with Gasteiger partial charge in [-0.05, 0) is 20.3 Å². The smallest absolute Gasteiger partial charge is 0.266 e. The first-order valence-electron chi connectivity index (χ1n) is 9.27. The minimum Gasteiger partial charge on any atom is -0.381 e. The number of nitrogens with zero attached hydrogens (tertiary/aromatic N) is 2. The molecule has 1 fully saturated rings. The number of anilines is 2. The molecule has 2 N–H and O–H groups in total. The normalized spacial score (nSPS) is 20.4. The van der Waals surface area contributed by atoms with Crippen LogP contribution in [0.2, 0.25) is 0 Å². The lowest BCUT2D eigenvalue weighted by Crippen LogP contribution is -2.27. The van der Waals surface area contributed by atoms with Gasteiger partial charge in [0.05, 0.1) is 30.1 Å². The second-order valence-corrected chi connectivity index (χ2v) is 7.56. The number of hydrogen-bond acceptors (Lipinski definition) is 5. The molecule has 1 aromatic heterocycles. The zero-order valence-corrected chi connectivity index (χ0v) is 16.2. The first-order valence-corrected chi connectivity index (χ1v) is 9.27. The number of rotatable bonds is 7. The molecule has 0 radical (unpaired) electrons. The maximum absolute atomic E-state index is 14.5. The molecule has 28 heavy (non-hydrogen) atoms. The fourth-order valence-corrected chi connectivity index (χ4v) is 3.22. The molecule has 2 atom stereocenters. The standard InChI is InChI=1S/C20H25F3N4O/c1-12(14-5-4-6-15(17(14)21)18(22)23)26-19-16(9-24-13(2)27-19)25-10-20(3)7-8-28-11-20/h4-6,9,12,18,25H,7-8,10-11H2,1-3H3,(H,24,26,27)/t12-,20?/m1/s1. The Bertz CT molecular complexity index is 825. The molecule has 1 aromatic carbocycles. The molecule has 0 bridgehead atoms. The van der Waals surface area contributed by atoms with Crippen LogP contribution in [0.4, 0.5) is 24.7 Å². The predicted molar refractivity (Wildman–Crippen MR) is 102 cm³/mol. The highest BCUT2D eigenvalue weighted by Gasteiger charge is 2.30. The Morgan fingerprint density at radius 1 is 1.29 bits per heavy atom. The number of ether oxygens (including phenoxy) is 1. The molecule has 2 aromatic rings. The summed E-state index contributed by atoms with van der Waals surface area (Å²) in [6.45, 7) is 7.70. The van der Waals surface area contributed by atoms with Gasteiger partial charge in [-0.3, -0.25) is 0 Å². The van der Waals surface area contributed by atoms with Crippen LogP contribution < -0.4 is 10.6 Å². The number of aromatic nitrogens is 2. The number of hydrogen-bond donors (Lipinski definition) is 2. The van der Waals surface area contributed by atoms with Gasteiger partial charge in [0.15, 0.2) is 5.82 Å². The molecule has 3 rings (SSSR count). The zero-order chi connectivity index (χ0) is 20.3. The van der Waals surface area contributed by atoms with Crippen LogP contribution in [0.1, 0.15) is 49.7 Å². The zero-order valence-electron chi connectivity index (χ0n) is 16.2. The van der Waals surface area contributed by atoms with E-state index in [9.17, 15) is 13.2 Å². The highest BCUT2D eigenvalue weighted by Crippen LogP contribution is 2.32. The summed E-state index contributed by atoms with van der Waals surface area (Å²) in [6.07, 6.45) is -0.236. The van der Waals surface area contributed by atoms with Crippen LogP contribution in [0.5, 0.6) is 0 Å². The molecule has 1 saturated heterocycles. The average Bonchev–Trinajstić information content (AvgIpc) is 3.07. The average molecular weight is 394 g/mol. The van der Waals surface area contributed by atoms with Crippen LogP contribution >= 0.6 is 0 Å². The van der Waals surface area contributed by atoms with Gasteiger partial charge in [-0.1, -0.05) is 25.1 Å². The predicted octanol–water partition coefficient (Wildman–Crippen LogP) is 4.87. The van der Waals surface area contributed by atoms with Crippen LogP contribution in [0.15, 0.2) is 24.4 Å². The Balaban J connectivity index is 1.80. The number of halogens is 3. The molecule has 0 saturated carbocycles. The lowest BCUT2D eigenvalue weighted by molar-refractivity contribution is 0.146. The van der Waals surface area contributed by atoms with Gasteiger partial charge >= 0.3 is 0 Å². The largest absolute Gasteiger partial charge is 0.381 e. The third kappa shape index (κ3) is 4.55. The summed E-state index contributed by atoms with van der Waals surface area (Å²) in [5.74, 6) is 0.162. The van der Waals surface area contributed by atoms with E-state index in [0.717, 1.165) is 19.1 Å². The Hall–Kier alpha value is -2.35. The molecule has 1 aliphatic rings. The number of nitrogens with one attached hydrogen (secondary N) is 2. The van der Waals surface area contributed by atoms with E-state index >= 15 is 0 Å². The number of aryl methyl sites for hydroxylation is 1. The number of benzene rings is 1. The monoisotopic (exact) mass is 394 g/mol. The molecule has 2 heterocycles. The van der Waals surface area contributed by atoms with Crippen molar-refractivity contribution in [3.8, 4) is 0 Å². The second kappa shape index (κ2) is 8.34. The molecule has 0 amide bonds. The minimum atomic E-state index is -2.86.